The molecule has 0 fully saturated rings. The monoisotopic (exact) mass is 127 g/mol. The van der Waals surface area contributed by atoms with Gasteiger partial charge in [0.05, 0.1) is 6.61 Å². The first kappa shape index (κ1) is 7.27. The van der Waals surface area contributed by atoms with Gasteiger partial charge in [0, 0.05) is 0 Å². The second-order valence-electron chi connectivity index (χ2n) is 1.14. The van der Waals surface area contributed by atoms with Crippen molar-refractivity contribution in [2.24, 2.45) is 0 Å². The number of hydrogen-bond donors (Lipinski definition) is 4. The van der Waals surface area contributed by atoms with Gasteiger partial charge in [-0.3, -0.25) is 0 Å². The number of aliphatic hydroxyl groups excluding tert-OH is 1. The molecule has 4 nitrogen and oxygen atoms in total. The van der Waals surface area contributed by atoms with Crippen molar-refractivity contribution in [1.82, 2.24) is 0 Å². The van der Waals surface area contributed by atoms with Gasteiger partial charge >= 0.3 is 7.94 Å². The van der Waals surface area contributed by atoms with Crippen molar-refractivity contribution in [3.8, 4) is 0 Å². The molecule has 0 amide bonds. The second-order valence-corrected chi connectivity index (χ2v) is 2.97. The van der Waals surface area contributed by atoms with Gasteiger partial charge in [-0.25, -0.2) is 0 Å². The molecule has 0 spiro atoms. The van der Waals surface area contributed by atoms with Crippen molar-refractivity contribution in [1.29, 1.82) is 0 Å². The highest BCUT2D eigenvalue weighted by molar-refractivity contribution is 7.58. The molecule has 7 heavy (non-hydrogen) atoms. The van der Waals surface area contributed by atoms with Crippen LogP contribution in [0.1, 0.15) is 0 Å². The van der Waals surface area contributed by atoms with Crippen molar-refractivity contribution >= 4 is 7.94 Å². The van der Waals surface area contributed by atoms with E-state index in [0.717, 1.165) is 0 Å². The fraction of sp³-hybridized carbons (Fsp3) is 1.00. The first-order valence-electron chi connectivity index (χ1n) is 1.73. The standard InChI is InChI=1S/C2H8O4P/c3-1-2-7(4,5)6/h3-6H,1-2H2/q+1. The summed E-state index contributed by atoms with van der Waals surface area (Å²) >= 11 is 0. The molecule has 0 aliphatic rings. The maximum absolute atomic E-state index is 8.08. The summed E-state index contributed by atoms with van der Waals surface area (Å²) in [5.74, 6) is 0. The number of hydrogen-bond acceptors (Lipinski definition) is 4. The maximum atomic E-state index is 8.08. The van der Waals surface area contributed by atoms with E-state index in [9.17, 15) is 0 Å². The topological polar surface area (TPSA) is 80.9 Å². The Kier molecular flexibility index (Phi) is 2.64. The van der Waals surface area contributed by atoms with E-state index in [0.29, 0.717) is 0 Å². The summed E-state index contributed by atoms with van der Waals surface area (Å²) in [5, 5.41) is 7.95. The van der Waals surface area contributed by atoms with E-state index < -0.39 is 14.6 Å². The molecule has 0 rings (SSSR count). The zero-order valence-electron chi connectivity index (χ0n) is 3.65. The van der Waals surface area contributed by atoms with Crippen molar-refractivity contribution in [2.75, 3.05) is 12.8 Å². The number of rotatable bonds is 2. The van der Waals surface area contributed by atoms with Gasteiger partial charge in [-0.05, 0) is 0 Å². The molecule has 0 saturated heterocycles. The van der Waals surface area contributed by atoms with Gasteiger partial charge in [0.15, 0.2) is 6.16 Å². The number of aliphatic hydroxyl groups is 1. The van der Waals surface area contributed by atoms with Crippen LogP contribution in [-0.4, -0.2) is 32.6 Å². The fourth-order valence-electron chi connectivity index (χ4n) is 0.134. The lowest BCUT2D eigenvalue weighted by molar-refractivity contribution is 0.282. The maximum Gasteiger partial charge on any atom is 0.406 e. The minimum Gasteiger partial charge on any atom is -0.392 e. The van der Waals surface area contributed by atoms with Crippen LogP contribution in [0.3, 0.4) is 0 Å². The first-order valence-corrected chi connectivity index (χ1v) is 3.56. The predicted molar refractivity (Wildman–Crippen MR) is 25.5 cm³/mol. The molecular formula is C2H8O4P+. The van der Waals surface area contributed by atoms with E-state index >= 15 is 0 Å². The summed E-state index contributed by atoms with van der Waals surface area (Å²) in [6, 6.07) is 0. The van der Waals surface area contributed by atoms with Crippen LogP contribution in [0.4, 0.5) is 0 Å². The van der Waals surface area contributed by atoms with E-state index in [4.69, 9.17) is 19.8 Å². The Balaban J connectivity index is 3.15. The summed E-state index contributed by atoms with van der Waals surface area (Å²) in [7, 11) is -3.67. The fourth-order valence-corrected chi connectivity index (χ4v) is 0.402. The van der Waals surface area contributed by atoms with Gasteiger partial charge in [-0.15, -0.1) is 0 Å². The van der Waals surface area contributed by atoms with Crippen LogP contribution in [0.15, 0.2) is 0 Å². The van der Waals surface area contributed by atoms with E-state index in [-0.39, 0.29) is 6.16 Å². The zero-order chi connectivity index (χ0) is 5.91. The Morgan fingerprint density at radius 1 is 1.14 bits per heavy atom. The molecule has 0 aromatic rings. The van der Waals surface area contributed by atoms with Crippen LogP contribution in [0, 0.1) is 0 Å². The Hall–Kier alpha value is 0.270. The largest absolute Gasteiger partial charge is 0.406 e. The molecule has 0 aliphatic heterocycles. The molecule has 4 N–H and O–H groups in total. The lowest BCUT2D eigenvalue weighted by Gasteiger charge is -1.97. The van der Waals surface area contributed by atoms with Crippen LogP contribution < -0.4 is 0 Å². The van der Waals surface area contributed by atoms with Gasteiger partial charge in [-0.1, -0.05) is 0 Å². The molecular weight excluding hydrogens is 119 g/mol. The second kappa shape index (κ2) is 2.55. The van der Waals surface area contributed by atoms with Crippen molar-refractivity contribution in [3.63, 3.8) is 0 Å². The highest BCUT2D eigenvalue weighted by Gasteiger charge is 2.27. The highest BCUT2D eigenvalue weighted by Crippen LogP contribution is 2.43. The zero-order valence-corrected chi connectivity index (χ0v) is 4.54. The third-order valence-electron chi connectivity index (χ3n) is 0.400. The van der Waals surface area contributed by atoms with Crippen LogP contribution in [0.2, 0.25) is 0 Å². The molecule has 0 bridgehead atoms. The third-order valence-corrected chi connectivity index (χ3v) is 1.20. The van der Waals surface area contributed by atoms with E-state index in [1.807, 2.05) is 0 Å². The van der Waals surface area contributed by atoms with Crippen LogP contribution in [-0.2, 0) is 0 Å². The molecule has 0 unspecified atom stereocenters. The normalized spacial score (nSPS) is 12.0. The van der Waals surface area contributed by atoms with Crippen molar-refractivity contribution in [2.45, 2.75) is 0 Å². The summed E-state index contributed by atoms with van der Waals surface area (Å²) in [4.78, 5) is 24.2. The summed E-state index contributed by atoms with van der Waals surface area (Å²) in [5.41, 5.74) is 0. The van der Waals surface area contributed by atoms with Gasteiger partial charge in [0.2, 0.25) is 0 Å². The molecule has 0 radical (unpaired) electrons. The lowest BCUT2D eigenvalue weighted by atomic mass is 10.9. The minimum atomic E-state index is -3.67. The van der Waals surface area contributed by atoms with E-state index in [1.54, 1.807) is 0 Å². The Morgan fingerprint density at radius 2 is 1.57 bits per heavy atom. The Morgan fingerprint density at radius 3 is 1.57 bits per heavy atom. The lowest BCUT2D eigenvalue weighted by Crippen LogP contribution is -1.98. The molecule has 44 valence electrons. The smallest absolute Gasteiger partial charge is 0.392 e. The van der Waals surface area contributed by atoms with Gasteiger partial charge in [-0.2, -0.15) is 14.7 Å². The van der Waals surface area contributed by atoms with Crippen molar-refractivity contribution < 1.29 is 19.8 Å². The first-order chi connectivity index (χ1) is 3.06. The van der Waals surface area contributed by atoms with E-state index in [2.05, 4.69) is 0 Å². The Bertz CT molecular complexity index is 48.1. The summed E-state index contributed by atoms with van der Waals surface area (Å²) in [6.45, 7) is -0.392. The van der Waals surface area contributed by atoms with Crippen LogP contribution in [0.25, 0.3) is 0 Å². The van der Waals surface area contributed by atoms with E-state index in [1.165, 1.54) is 0 Å². The van der Waals surface area contributed by atoms with Crippen LogP contribution in [0.5, 0.6) is 0 Å². The molecule has 0 heterocycles. The highest BCUT2D eigenvalue weighted by atomic mass is 31.2. The van der Waals surface area contributed by atoms with Gasteiger partial charge in [0.1, 0.15) is 0 Å². The average Bonchev–Trinajstić information content (AvgIpc) is 1.30. The molecule has 0 atom stereocenters. The van der Waals surface area contributed by atoms with Crippen LogP contribution >= 0.6 is 7.94 Å². The molecule has 0 aromatic carbocycles. The summed E-state index contributed by atoms with van der Waals surface area (Å²) < 4.78 is 0. The quantitative estimate of drug-likeness (QED) is 0.348. The minimum absolute atomic E-state index is 0.326. The predicted octanol–water partition coefficient (Wildman–Crippen LogP) is -1.28. The summed E-state index contributed by atoms with van der Waals surface area (Å²) in [6.07, 6.45) is -0.326. The molecule has 5 heteroatoms. The van der Waals surface area contributed by atoms with Gasteiger partial charge < -0.3 is 5.11 Å². The average molecular weight is 127 g/mol. The van der Waals surface area contributed by atoms with Crippen molar-refractivity contribution in [3.05, 3.63) is 0 Å². The Labute approximate surface area is 41.6 Å². The molecule has 0 aliphatic carbocycles. The third kappa shape index (κ3) is 6.27. The van der Waals surface area contributed by atoms with Gasteiger partial charge in [0.25, 0.3) is 0 Å². The molecule has 0 aromatic heterocycles. The SMILES string of the molecule is OCC[P+](O)(O)O. The molecule has 0 saturated carbocycles.